The molecule has 0 radical (unpaired) electrons. The highest BCUT2D eigenvalue weighted by atomic mass is 32.2. The molecule has 198 valence electrons. The summed E-state index contributed by atoms with van der Waals surface area (Å²) in [4.78, 5) is 0. The van der Waals surface area contributed by atoms with Crippen molar-refractivity contribution in [1.82, 2.24) is 0 Å². The number of hydrogen-bond acceptors (Lipinski definition) is 7. The van der Waals surface area contributed by atoms with Crippen molar-refractivity contribution < 1.29 is 70.2 Å². The van der Waals surface area contributed by atoms with Crippen LogP contribution >= 0.6 is 0 Å². The Kier molecular flexibility index (Phi) is 9.32. The zero-order chi connectivity index (χ0) is 26.8. The first-order valence-corrected chi connectivity index (χ1v) is 11.6. The van der Waals surface area contributed by atoms with Crippen LogP contribution in [0.4, 0.5) is 35.1 Å². The van der Waals surface area contributed by atoms with Crippen LogP contribution in [0.2, 0.25) is 0 Å². The zero-order valence-corrected chi connectivity index (χ0v) is 18.8. The standard InChI is InChI=1S/C16H18F8O8S2/c1-9(2)10-3-11(5-30-7-17)13(12(4-10)6-31-8-18)32-34(28,29)16(23,24)14(19,20)15(21,22)33(25,26)27/h3-4,9H,5-8H2,1-2H3,(H,25,26,27). The molecular formula is C16H18F8O8S2. The molecule has 0 saturated heterocycles. The third-order valence-corrected chi connectivity index (χ3v) is 6.34. The summed E-state index contributed by atoms with van der Waals surface area (Å²) in [6.07, 6.45) is 0. The van der Waals surface area contributed by atoms with Crippen molar-refractivity contribution in [3.05, 3.63) is 28.8 Å². The van der Waals surface area contributed by atoms with Gasteiger partial charge in [-0.3, -0.25) is 4.55 Å². The monoisotopic (exact) mass is 554 g/mol. The molecule has 0 atom stereocenters. The van der Waals surface area contributed by atoms with Crippen LogP contribution in [-0.2, 0) is 42.9 Å². The van der Waals surface area contributed by atoms with E-state index in [2.05, 4.69) is 13.7 Å². The highest BCUT2D eigenvalue weighted by molar-refractivity contribution is 7.88. The van der Waals surface area contributed by atoms with Crippen molar-refractivity contribution in [3.63, 3.8) is 0 Å². The molecule has 0 heterocycles. The van der Waals surface area contributed by atoms with Crippen LogP contribution in [0, 0.1) is 0 Å². The molecule has 1 rings (SSSR count). The van der Waals surface area contributed by atoms with E-state index < -0.39 is 80.5 Å². The zero-order valence-electron chi connectivity index (χ0n) is 17.2. The molecule has 34 heavy (non-hydrogen) atoms. The first-order valence-electron chi connectivity index (χ1n) is 8.76. The minimum absolute atomic E-state index is 0.287. The van der Waals surface area contributed by atoms with Gasteiger partial charge in [0.2, 0.25) is 0 Å². The fourth-order valence-corrected chi connectivity index (χ4v) is 3.88. The second kappa shape index (κ2) is 10.5. The Bertz CT molecular complexity index is 1050. The van der Waals surface area contributed by atoms with E-state index >= 15 is 0 Å². The molecule has 0 aliphatic heterocycles. The van der Waals surface area contributed by atoms with Gasteiger partial charge in [0.25, 0.3) is 0 Å². The number of benzene rings is 1. The molecule has 0 unspecified atom stereocenters. The number of rotatable bonds is 13. The van der Waals surface area contributed by atoms with Crippen LogP contribution in [0.1, 0.15) is 36.5 Å². The molecule has 0 spiro atoms. The average Bonchev–Trinajstić information content (AvgIpc) is 2.70. The third kappa shape index (κ3) is 5.72. The van der Waals surface area contributed by atoms with E-state index in [4.69, 9.17) is 4.55 Å². The van der Waals surface area contributed by atoms with Gasteiger partial charge in [-0.25, -0.2) is 8.78 Å². The van der Waals surface area contributed by atoms with E-state index in [1.54, 1.807) is 13.8 Å². The predicted molar refractivity (Wildman–Crippen MR) is 98.0 cm³/mol. The topological polar surface area (TPSA) is 116 Å². The van der Waals surface area contributed by atoms with Gasteiger partial charge < -0.3 is 13.7 Å². The van der Waals surface area contributed by atoms with Crippen LogP contribution in [-0.4, -0.2) is 51.5 Å². The van der Waals surface area contributed by atoms with Crippen LogP contribution in [0.3, 0.4) is 0 Å². The van der Waals surface area contributed by atoms with E-state index in [0.717, 1.165) is 12.1 Å². The molecule has 0 aliphatic carbocycles. The molecule has 0 aromatic heterocycles. The summed E-state index contributed by atoms with van der Waals surface area (Å²) in [5.41, 5.74) is -0.842. The smallest absolute Gasteiger partial charge is 0.377 e. The van der Waals surface area contributed by atoms with Gasteiger partial charge in [0.1, 0.15) is 0 Å². The molecule has 0 fully saturated rings. The summed E-state index contributed by atoms with van der Waals surface area (Å²) in [7, 11) is -14.4. The maximum atomic E-state index is 14.2. The second-order valence-corrected chi connectivity index (χ2v) is 9.91. The lowest BCUT2D eigenvalue weighted by Crippen LogP contribution is -2.61. The van der Waals surface area contributed by atoms with Crippen molar-refractivity contribution >= 4 is 20.2 Å². The van der Waals surface area contributed by atoms with Gasteiger partial charge in [-0.2, -0.15) is 43.2 Å². The molecule has 1 aromatic carbocycles. The third-order valence-electron chi connectivity index (χ3n) is 4.16. The van der Waals surface area contributed by atoms with Gasteiger partial charge in [0, 0.05) is 11.1 Å². The molecule has 0 bridgehead atoms. The van der Waals surface area contributed by atoms with Gasteiger partial charge in [-0.05, 0) is 23.6 Å². The molecule has 1 N–H and O–H groups in total. The summed E-state index contributed by atoms with van der Waals surface area (Å²) in [6, 6.07) is 2.04. The predicted octanol–water partition coefficient (Wildman–Crippen LogP) is 4.11. The van der Waals surface area contributed by atoms with Gasteiger partial charge in [0.15, 0.2) is 19.5 Å². The molecule has 1 aromatic rings. The normalized spacial score (nSPS) is 14.0. The summed E-state index contributed by atoms with van der Waals surface area (Å²) in [6.45, 7) is -1.65. The van der Waals surface area contributed by atoms with Crippen molar-refractivity contribution in [2.75, 3.05) is 13.7 Å². The van der Waals surface area contributed by atoms with Crippen LogP contribution in [0.5, 0.6) is 5.75 Å². The lowest BCUT2D eigenvalue weighted by Gasteiger charge is -2.30. The lowest BCUT2D eigenvalue weighted by molar-refractivity contribution is -0.247. The second-order valence-electron chi connectivity index (χ2n) is 6.86. The highest BCUT2D eigenvalue weighted by Gasteiger charge is 2.83. The minimum atomic E-state index is -7.24. The SMILES string of the molecule is CC(C)c1cc(COCF)c(OS(=O)(=O)C(F)(F)C(F)(F)C(F)(F)S(=O)(=O)O)c(COCF)c1. The van der Waals surface area contributed by atoms with Crippen molar-refractivity contribution in [2.24, 2.45) is 0 Å². The summed E-state index contributed by atoms with van der Waals surface area (Å²) < 4.78 is 174. The Hall–Kier alpha value is -1.76. The average molecular weight is 554 g/mol. The number of hydrogen-bond donors (Lipinski definition) is 1. The largest absolute Gasteiger partial charge is 0.450 e. The molecule has 0 amide bonds. The van der Waals surface area contributed by atoms with Gasteiger partial charge in [-0.1, -0.05) is 13.8 Å². The molecular weight excluding hydrogens is 536 g/mol. The molecule has 0 aliphatic rings. The van der Waals surface area contributed by atoms with E-state index in [1.165, 1.54) is 0 Å². The maximum Gasteiger partial charge on any atom is 0.450 e. The first-order chi connectivity index (χ1) is 15.3. The number of ether oxygens (including phenoxy) is 2. The fourth-order valence-electron chi connectivity index (χ4n) is 2.38. The Morgan fingerprint density at radius 1 is 0.853 bits per heavy atom. The van der Waals surface area contributed by atoms with Crippen LogP contribution in [0.15, 0.2) is 12.1 Å². The van der Waals surface area contributed by atoms with E-state index in [0.29, 0.717) is 0 Å². The van der Waals surface area contributed by atoms with E-state index in [-0.39, 0.29) is 11.5 Å². The minimum Gasteiger partial charge on any atom is -0.377 e. The molecule has 0 saturated carbocycles. The van der Waals surface area contributed by atoms with Gasteiger partial charge in [0.05, 0.1) is 13.2 Å². The van der Waals surface area contributed by atoms with Gasteiger partial charge >= 0.3 is 36.7 Å². The number of alkyl halides is 8. The van der Waals surface area contributed by atoms with Gasteiger partial charge in [-0.15, -0.1) is 0 Å². The van der Waals surface area contributed by atoms with Crippen molar-refractivity contribution in [2.45, 2.75) is 49.4 Å². The van der Waals surface area contributed by atoms with E-state index in [9.17, 15) is 52.0 Å². The Balaban J connectivity index is 3.73. The van der Waals surface area contributed by atoms with Crippen LogP contribution in [0.25, 0.3) is 0 Å². The molecule has 8 nitrogen and oxygen atoms in total. The van der Waals surface area contributed by atoms with Crippen molar-refractivity contribution in [3.8, 4) is 5.75 Å². The Labute approximate surface area is 188 Å². The number of halogens is 8. The Morgan fingerprint density at radius 2 is 1.26 bits per heavy atom. The van der Waals surface area contributed by atoms with E-state index in [1.807, 2.05) is 0 Å². The Morgan fingerprint density at radius 3 is 1.59 bits per heavy atom. The van der Waals surface area contributed by atoms with Crippen LogP contribution < -0.4 is 4.18 Å². The maximum absolute atomic E-state index is 14.2. The summed E-state index contributed by atoms with van der Waals surface area (Å²) in [5.74, 6) is -8.88. The molecule has 18 heteroatoms. The summed E-state index contributed by atoms with van der Waals surface area (Å²) >= 11 is 0. The first kappa shape index (κ1) is 30.3. The highest BCUT2D eigenvalue weighted by Crippen LogP contribution is 2.51. The fraction of sp³-hybridized carbons (Fsp3) is 0.625. The lowest BCUT2D eigenvalue weighted by atomic mass is 9.97. The quantitative estimate of drug-likeness (QED) is 0.220. The van der Waals surface area contributed by atoms with Crippen molar-refractivity contribution in [1.29, 1.82) is 0 Å². The summed E-state index contributed by atoms with van der Waals surface area (Å²) in [5, 5.41) is -13.9.